The summed E-state index contributed by atoms with van der Waals surface area (Å²) in [7, 11) is -2.02. The summed E-state index contributed by atoms with van der Waals surface area (Å²) >= 11 is 0. The molecule has 0 saturated heterocycles. The van der Waals surface area contributed by atoms with Crippen LogP contribution in [-0.2, 0) is 4.43 Å². The van der Waals surface area contributed by atoms with Gasteiger partial charge < -0.3 is 9.53 Å². The topological polar surface area (TPSA) is 29.5 Å². The number of rotatable bonds is 7. The van der Waals surface area contributed by atoms with Gasteiger partial charge in [0.1, 0.15) is 6.10 Å². The van der Waals surface area contributed by atoms with E-state index in [1.54, 1.807) is 0 Å². The molecule has 144 valence electrons. The number of benzene rings is 2. The van der Waals surface area contributed by atoms with Gasteiger partial charge in [0.15, 0.2) is 8.32 Å². The zero-order chi connectivity index (χ0) is 19.9. The summed E-state index contributed by atoms with van der Waals surface area (Å²) in [5, 5.41) is 10.9. The van der Waals surface area contributed by atoms with Crippen molar-refractivity contribution in [2.75, 3.05) is 0 Å². The molecule has 0 aliphatic carbocycles. The SMILES string of the molecule is CC(C)(C)[Si](C)(C)O[C@H](/C=C/c1ccccc1)[C@H](O)/C=C/c1ccccc1. The van der Waals surface area contributed by atoms with Crippen LogP contribution in [0.4, 0.5) is 0 Å². The van der Waals surface area contributed by atoms with Gasteiger partial charge in [-0.2, -0.15) is 0 Å². The minimum atomic E-state index is -2.02. The molecule has 27 heavy (non-hydrogen) atoms. The van der Waals surface area contributed by atoms with E-state index in [4.69, 9.17) is 4.43 Å². The molecule has 0 fully saturated rings. The van der Waals surface area contributed by atoms with Gasteiger partial charge in [-0.3, -0.25) is 0 Å². The average molecular weight is 381 g/mol. The number of aliphatic hydroxyl groups excluding tert-OH is 1. The van der Waals surface area contributed by atoms with Gasteiger partial charge in [-0.05, 0) is 29.3 Å². The largest absolute Gasteiger partial charge is 0.408 e. The monoisotopic (exact) mass is 380 g/mol. The number of hydrogen-bond donors (Lipinski definition) is 1. The normalized spacial score (nSPS) is 15.3. The molecule has 0 heterocycles. The summed E-state index contributed by atoms with van der Waals surface area (Å²) in [6.07, 6.45) is 6.68. The Morgan fingerprint density at radius 3 is 1.70 bits per heavy atom. The lowest BCUT2D eigenvalue weighted by Gasteiger charge is -2.39. The van der Waals surface area contributed by atoms with Gasteiger partial charge in [0.25, 0.3) is 0 Å². The van der Waals surface area contributed by atoms with Crippen molar-refractivity contribution in [3.8, 4) is 0 Å². The van der Waals surface area contributed by atoms with Crippen LogP contribution < -0.4 is 0 Å². The van der Waals surface area contributed by atoms with Crippen LogP contribution in [0, 0.1) is 0 Å². The summed E-state index contributed by atoms with van der Waals surface area (Å²) in [6.45, 7) is 11.1. The van der Waals surface area contributed by atoms with E-state index in [1.165, 1.54) is 0 Å². The van der Waals surface area contributed by atoms with Gasteiger partial charge in [-0.1, -0.05) is 106 Å². The van der Waals surface area contributed by atoms with Crippen molar-refractivity contribution < 1.29 is 9.53 Å². The van der Waals surface area contributed by atoms with Crippen LogP contribution >= 0.6 is 0 Å². The molecular weight excluding hydrogens is 348 g/mol. The third-order valence-electron chi connectivity index (χ3n) is 5.14. The van der Waals surface area contributed by atoms with Crippen molar-refractivity contribution in [3.63, 3.8) is 0 Å². The van der Waals surface area contributed by atoms with Gasteiger partial charge in [0, 0.05) is 0 Å². The third-order valence-corrected chi connectivity index (χ3v) is 9.61. The Balaban J connectivity index is 2.22. The van der Waals surface area contributed by atoms with Crippen molar-refractivity contribution in [3.05, 3.63) is 83.9 Å². The lowest BCUT2D eigenvalue weighted by molar-refractivity contribution is 0.0884. The zero-order valence-corrected chi connectivity index (χ0v) is 18.1. The smallest absolute Gasteiger partial charge is 0.193 e. The Kier molecular flexibility index (Phi) is 7.37. The zero-order valence-electron chi connectivity index (χ0n) is 17.1. The molecule has 0 radical (unpaired) electrons. The predicted molar refractivity (Wildman–Crippen MR) is 119 cm³/mol. The van der Waals surface area contributed by atoms with Gasteiger partial charge in [0.05, 0.1) is 6.10 Å². The van der Waals surface area contributed by atoms with Crippen molar-refractivity contribution in [1.82, 2.24) is 0 Å². The summed E-state index contributed by atoms with van der Waals surface area (Å²) in [5.74, 6) is 0. The standard InChI is InChI=1S/C24H32O2Si/c1-24(2,3)27(4,5)26-23(19-17-21-14-10-7-11-15-21)22(25)18-16-20-12-8-6-9-13-20/h6-19,22-23,25H,1-5H3/b18-16+,19-17+/t22-,23-/m1/s1. The predicted octanol–water partition coefficient (Wildman–Crippen LogP) is 6.16. The lowest BCUT2D eigenvalue weighted by Crippen LogP contribution is -2.46. The molecule has 2 aromatic rings. The molecule has 2 rings (SSSR count). The highest BCUT2D eigenvalue weighted by Crippen LogP contribution is 2.38. The van der Waals surface area contributed by atoms with E-state index in [-0.39, 0.29) is 11.1 Å². The second-order valence-corrected chi connectivity index (χ2v) is 13.1. The first kappa shape index (κ1) is 21.4. The van der Waals surface area contributed by atoms with E-state index >= 15 is 0 Å². The molecule has 0 aliphatic rings. The first-order valence-electron chi connectivity index (χ1n) is 9.51. The summed E-state index contributed by atoms with van der Waals surface area (Å²) in [6, 6.07) is 20.1. The Morgan fingerprint density at radius 2 is 1.26 bits per heavy atom. The summed E-state index contributed by atoms with van der Waals surface area (Å²) in [4.78, 5) is 0. The first-order chi connectivity index (χ1) is 12.7. The van der Waals surface area contributed by atoms with Gasteiger partial charge in [-0.25, -0.2) is 0 Å². The van der Waals surface area contributed by atoms with E-state index in [0.717, 1.165) is 11.1 Å². The van der Waals surface area contributed by atoms with Crippen LogP contribution in [0.3, 0.4) is 0 Å². The lowest BCUT2D eigenvalue weighted by atomic mass is 10.1. The maximum atomic E-state index is 10.8. The van der Waals surface area contributed by atoms with Crippen LogP contribution in [0.5, 0.6) is 0 Å². The minimum Gasteiger partial charge on any atom is -0.408 e. The van der Waals surface area contributed by atoms with Crippen molar-refractivity contribution in [2.24, 2.45) is 0 Å². The molecular formula is C24H32O2Si. The van der Waals surface area contributed by atoms with Crippen LogP contribution in [0.25, 0.3) is 12.2 Å². The molecule has 0 spiro atoms. The molecule has 0 bridgehead atoms. The Bertz CT molecular complexity index is 743. The van der Waals surface area contributed by atoms with Crippen LogP contribution in [-0.4, -0.2) is 25.6 Å². The summed E-state index contributed by atoms with van der Waals surface area (Å²) in [5.41, 5.74) is 2.16. The van der Waals surface area contributed by atoms with E-state index in [1.807, 2.05) is 85.0 Å². The van der Waals surface area contributed by atoms with Crippen molar-refractivity contribution in [1.29, 1.82) is 0 Å². The molecule has 2 aromatic carbocycles. The maximum absolute atomic E-state index is 10.8. The highest BCUT2D eigenvalue weighted by Gasteiger charge is 2.39. The Morgan fingerprint density at radius 1 is 0.815 bits per heavy atom. The molecule has 2 atom stereocenters. The van der Waals surface area contributed by atoms with E-state index in [9.17, 15) is 5.11 Å². The molecule has 0 aromatic heterocycles. The fraction of sp³-hybridized carbons (Fsp3) is 0.333. The quantitative estimate of drug-likeness (QED) is 0.582. The Labute approximate surface area is 165 Å². The first-order valence-corrected chi connectivity index (χ1v) is 12.4. The van der Waals surface area contributed by atoms with Crippen molar-refractivity contribution >= 4 is 20.5 Å². The van der Waals surface area contributed by atoms with Crippen molar-refractivity contribution in [2.45, 2.75) is 51.1 Å². The minimum absolute atomic E-state index is 0.0781. The van der Waals surface area contributed by atoms with Gasteiger partial charge in [-0.15, -0.1) is 0 Å². The number of aliphatic hydroxyl groups is 1. The van der Waals surface area contributed by atoms with Crippen LogP contribution in [0.1, 0.15) is 31.9 Å². The fourth-order valence-corrected chi connectivity index (χ4v) is 3.65. The molecule has 0 aliphatic heterocycles. The molecule has 1 N–H and O–H groups in total. The van der Waals surface area contributed by atoms with E-state index < -0.39 is 14.4 Å². The molecule has 0 amide bonds. The second kappa shape index (κ2) is 9.31. The molecule has 0 saturated carbocycles. The molecule has 0 unspecified atom stereocenters. The van der Waals surface area contributed by atoms with Crippen LogP contribution in [0.2, 0.25) is 18.1 Å². The maximum Gasteiger partial charge on any atom is 0.193 e. The fourth-order valence-electron chi connectivity index (χ4n) is 2.39. The van der Waals surface area contributed by atoms with Gasteiger partial charge in [0.2, 0.25) is 0 Å². The van der Waals surface area contributed by atoms with Crippen LogP contribution in [0.15, 0.2) is 72.8 Å². The Hall–Kier alpha value is -1.94. The molecule has 2 nitrogen and oxygen atoms in total. The van der Waals surface area contributed by atoms with Gasteiger partial charge >= 0.3 is 0 Å². The second-order valence-electron chi connectivity index (χ2n) is 8.37. The summed E-state index contributed by atoms with van der Waals surface area (Å²) < 4.78 is 6.53. The highest BCUT2D eigenvalue weighted by atomic mass is 28.4. The third kappa shape index (κ3) is 6.62. The average Bonchev–Trinajstić information content (AvgIpc) is 2.64. The van der Waals surface area contributed by atoms with E-state index in [0.29, 0.717) is 0 Å². The van der Waals surface area contributed by atoms with E-state index in [2.05, 4.69) is 33.9 Å². The molecule has 3 heteroatoms. The number of hydrogen-bond acceptors (Lipinski definition) is 2. The highest BCUT2D eigenvalue weighted by molar-refractivity contribution is 6.74.